The van der Waals surface area contributed by atoms with Crippen molar-refractivity contribution in [2.45, 2.75) is 25.8 Å². The summed E-state index contributed by atoms with van der Waals surface area (Å²) in [6.07, 6.45) is 2.59. The van der Waals surface area contributed by atoms with E-state index in [0.717, 1.165) is 24.1 Å². The normalized spacial score (nSPS) is 30.2. The van der Waals surface area contributed by atoms with Gasteiger partial charge in [0.25, 0.3) is 0 Å². The van der Waals surface area contributed by atoms with Crippen molar-refractivity contribution in [3.05, 3.63) is 11.9 Å². The average molecular weight is 248 g/mol. The van der Waals surface area contributed by atoms with Gasteiger partial charge in [-0.2, -0.15) is 0 Å². The van der Waals surface area contributed by atoms with Gasteiger partial charge >= 0.3 is 0 Å². The molecule has 3 saturated heterocycles. The monoisotopic (exact) mass is 248 g/mol. The first-order chi connectivity index (χ1) is 8.74. The highest BCUT2D eigenvalue weighted by Gasteiger charge is 2.34. The summed E-state index contributed by atoms with van der Waals surface area (Å²) >= 11 is 0. The standard InChI is InChI=1S/C12H20N6/c1-8-14-11(6-12(15-8)17-13)16-10-7-18-4-2-9(10)3-5-18/h6,9-10H,2-5,7,13H2,1H3,(H2,14,15,16,17). The minimum Gasteiger partial charge on any atom is -0.366 e. The number of nitrogens with two attached hydrogens (primary N) is 1. The molecule has 1 unspecified atom stereocenters. The van der Waals surface area contributed by atoms with E-state index in [1.54, 1.807) is 0 Å². The Hall–Kier alpha value is -1.40. The highest BCUT2D eigenvalue weighted by Crippen LogP contribution is 2.29. The highest BCUT2D eigenvalue weighted by atomic mass is 15.3. The van der Waals surface area contributed by atoms with E-state index in [2.05, 4.69) is 25.6 Å². The lowest BCUT2D eigenvalue weighted by molar-refractivity contribution is 0.0974. The van der Waals surface area contributed by atoms with Crippen molar-refractivity contribution in [2.24, 2.45) is 11.8 Å². The predicted octanol–water partition coefficient (Wildman–Crippen LogP) is 0.577. The van der Waals surface area contributed by atoms with Crippen molar-refractivity contribution >= 4 is 11.6 Å². The molecule has 0 aliphatic carbocycles. The van der Waals surface area contributed by atoms with Crippen LogP contribution in [0.3, 0.4) is 0 Å². The third-order valence-electron chi connectivity index (χ3n) is 3.98. The third kappa shape index (κ3) is 2.26. The fraction of sp³-hybridized carbons (Fsp3) is 0.667. The van der Waals surface area contributed by atoms with Crippen molar-refractivity contribution in [2.75, 3.05) is 30.4 Å². The Balaban J connectivity index is 1.74. The summed E-state index contributed by atoms with van der Waals surface area (Å²) in [4.78, 5) is 11.1. The lowest BCUT2D eigenvalue weighted by atomic mass is 9.84. The number of aryl methyl sites for hydroxylation is 1. The van der Waals surface area contributed by atoms with Crippen molar-refractivity contribution in [1.82, 2.24) is 14.9 Å². The Labute approximate surface area is 107 Å². The summed E-state index contributed by atoms with van der Waals surface area (Å²) in [7, 11) is 0. The van der Waals surface area contributed by atoms with E-state index in [4.69, 9.17) is 5.84 Å². The molecule has 0 radical (unpaired) electrons. The number of nitrogens with one attached hydrogen (secondary N) is 2. The van der Waals surface area contributed by atoms with Crippen LogP contribution < -0.4 is 16.6 Å². The molecule has 2 bridgehead atoms. The SMILES string of the molecule is Cc1nc(NN)cc(NC2CN3CCC2CC3)n1. The molecule has 4 rings (SSSR count). The molecule has 4 heterocycles. The van der Waals surface area contributed by atoms with Gasteiger partial charge in [0.2, 0.25) is 0 Å². The van der Waals surface area contributed by atoms with Crippen LogP contribution in [-0.4, -0.2) is 40.5 Å². The molecule has 0 spiro atoms. The Bertz CT molecular complexity index is 427. The zero-order valence-electron chi connectivity index (χ0n) is 10.7. The molecule has 1 aromatic heterocycles. The molecule has 1 aromatic rings. The van der Waals surface area contributed by atoms with Crippen LogP contribution in [0.1, 0.15) is 18.7 Å². The summed E-state index contributed by atoms with van der Waals surface area (Å²) in [5, 5.41) is 3.54. The number of nitrogens with zero attached hydrogens (tertiary/aromatic N) is 3. The summed E-state index contributed by atoms with van der Waals surface area (Å²) in [6, 6.07) is 2.37. The second-order valence-electron chi connectivity index (χ2n) is 5.22. The van der Waals surface area contributed by atoms with E-state index >= 15 is 0 Å². The number of hydrazine groups is 1. The van der Waals surface area contributed by atoms with Crippen LogP contribution in [-0.2, 0) is 0 Å². The van der Waals surface area contributed by atoms with Gasteiger partial charge in [-0.05, 0) is 38.8 Å². The van der Waals surface area contributed by atoms with Gasteiger partial charge in [0.1, 0.15) is 17.5 Å². The number of rotatable bonds is 3. The van der Waals surface area contributed by atoms with E-state index in [-0.39, 0.29) is 0 Å². The smallest absolute Gasteiger partial charge is 0.145 e. The van der Waals surface area contributed by atoms with Crippen LogP contribution in [0.4, 0.5) is 11.6 Å². The van der Waals surface area contributed by atoms with E-state index in [1.165, 1.54) is 25.9 Å². The fourth-order valence-electron chi connectivity index (χ4n) is 3.03. The minimum atomic E-state index is 0.507. The number of hydrogen-bond acceptors (Lipinski definition) is 6. The predicted molar refractivity (Wildman–Crippen MR) is 71.2 cm³/mol. The molecule has 0 amide bonds. The third-order valence-corrected chi connectivity index (χ3v) is 3.98. The molecule has 4 N–H and O–H groups in total. The summed E-state index contributed by atoms with van der Waals surface area (Å²) in [6.45, 7) is 5.50. The molecule has 6 nitrogen and oxygen atoms in total. The van der Waals surface area contributed by atoms with Gasteiger partial charge in [-0.1, -0.05) is 0 Å². The molecule has 98 valence electrons. The number of hydrogen-bond donors (Lipinski definition) is 3. The summed E-state index contributed by atoms with van der Waals surface area (Å²) in [5.41, 5.74) is 2.58. The molecule has 0 aromatic carbocycles. The zero-order chi connectivity index (χ0) is 12.5. The topological polar surface area (TPSA) is 79.1 Å². The Kier molecular flexibility index (Phi) is 3.05. The molecular formula is C12H20N6. The Morgan fingerprint density at radius 1 is 1.28 bits per heavy atom. The van der Waals surface area contributed by atoms with Gasteiger partial charge < -0.3 is 15.6 Å². The van der Waals surface area contributed by atoms with Crippen molar-refractivity contribution in [1.29, 1.82) is 0 Å². The molecule has 0 saturated carbocycles. The first kappa shape index (κ1) is 11.7. The maximum absolute atomic E-state index is 5.40. The number of fused-ring (bicyclic) bond motifs is 3. The Morgan fingerprint density at radius 2 is 2.00 bits per heavy atom. The zero-order valence-corrected chi connectivity index (χ0v) is 10.7. The fourth-order valence-corrected chi connectivity index (χ4v) is 3.03. The maximum atomic E-state index is 5.40. The van der Waals surface area contributed by atoms with Crippen LogP contribution in [0, 0.1) is 12.8 Å². The minimum absolute atomic E-state index is 0.507. The molecule has 3 fully saturated rings. The van der Waals surface area contributed by atoms with Gasteiger partial charge in [0.15, 0.2) is 0 Å². The first-order valence-corrected chi connectivity index (χ1v) is 6.56. The largest absolute Gasteiger partial charge is 0.366 e. The van der Waals surface area contributed by atoms with E-state index < -0.39 is 0 Å². The summed E-state index contributed by atoms with van der Waals surface area (Å²) in [5.74, 6) is 8.44. The lowest BCUT2D eigenvalue weighted by Gasteiger charge is -2.45. The van der Waals surface area contributed by atoms with Crippen molar-refractivity contribution in [3.63, 3.8) is 0 Å². The first-order valence-electron chi connectivity index (χ1n) is 6.56. The molecule has 6 heteroatoms. The van der Waals surface area contributed by atoms with Crippen molar-refractivity contribution in [3.8, 4) is 0 Å². The van der Waals surface area contributed by atoms with Crippen LogP contribution >= 0.6 is 0 Å². The molecule has 18 heavy (non-hydrogen) atoms. The quantitative estimate of drug-likeness (QED) is 0.536. The van der Waals surface area contributed by atoms with Crippen LogP contribution in [0.5, 0.6) is 0 Å². The molecular weight excluding hydrogens is 228 g/mol. The number of anilines is 2. The van der Waals surface area contributed by atoms with Gasteiger partial charge in [-0.3, -0.25) is 0 Å². The van der Waals surface area contributed by atoms with Crippen LogP contribution in [0.15, 0.2) is 6.07 Å². The van der Waals surface area contributed by atoms with Gasteiger partial charge in [-0.25, -0.2) is 15.8 Å². The van der Waals surface area contributed by atoms with E-state index in [0.29, 0.717) is 11.9 Å². The molecule has 3 aliphatic rings. The van der Waals surface area contributed by atoms with Gasteiger partial charge in [0, 0.05) is 18.7 Å². The Morgan fingerprint density at radius 3 is 2.61 bits per heavy atom. The lowest BCUT2D eigenvalue weighted by Crippen LogP contribution is -2.53. The average Bonchev–Trinajstić information content (AvgIpc) is 2.39. The molecule has 1 atom stereocenters. The van der Waals surface area contributed by atoms with Gasteiger partial charge in [-0.15, -0.1) is 0 Å². The van der Waals surface area contributed by atoms with E-state index in [9.17, 15) is 0 Å². The van der Waals surface area contributed by atoms with Crippen LogP contribution in [0.25, 0.3) is 0 Å². The second kappa shape index (κ2) is 4.70. The number of aromatic nitrogens is 2. The number of piperidine rings is 3. The highest BCUT2D eigenvalue weighted by molar-refractivity contribution is 5.47. The summed E-state index contributed by atoms with van der Waals surface area (Å²) < 4.78 is 0. The van der Waals surface area contributed by atoms with Crippen molar-refractivity contribution < 1.29 is 0 Å². The van der Waals surface area contributed by atoms with Crippen LogP contribution in [0.2, 0.25) is 0 Å². The van der Waals surface area contributed by atoms with E-state index in [1.807, 2.05) is 13.0 Å². The second-order valence-corrected chi connectivity index (χ2v) is 5.22. The van der Waals surface area contributed by atoms with Gasteiger partial charge in [0.05, 0.1) is 0 Å². The molecule has 3 aliphatic heterocycles. The maximum Gasteiger partial charge on any atom is 0.145 e. The number of nitrogen functional groups attached to an aromatic ring is 1.